The molecule has 1 N–H and O–H groups in total. The fourth-order valence-corrected chi connectivity index (χ4v) is 4.44. The maximum absolute atomic E-state index is 12.7. The molecular formula is C22H35N3O3. The second-order valence-electron chi connectivity index (χ2n) is 9.35. The molecule has 1 saturated heterocycles. The van der Waals surface area contributed by atoms with Crippen molar-refractivity contribution in [1.82, 2.24) is 15.1 Å². The molecule has 0 saturated carbocycles. The van der Waals surface area contributed by atoms with E-state index >= 15 is 0 Å². The van der Waals surface area contributed by atoms with Gasteiger partial charge in [0.25, 0.3) is 5.91 Å². The van der Waals surface area contributed by atoms with Gasteiger partial charge >= 0.3 is 0 Å². The van der Waals surface area contributed by atoms with Crippen molar-refractivity contribution in [1.29, 1.82) is 0 Å². The molecule has 28 heavy (non-hydrogen) atoms. The third kappa shape index (κ3) is 4.66. The molecule has 6 nitrogen and oxygen atoms in total. The quantitative estimate of drug-likeness (QED) is 0.810. The van der Waals surface area contributed by atoms with Crippen molar-refractivity contribution in [2.75, 3.05) is 45.8 Å². The lowest BCUT2D eigenvalue weighted by Crippen LogP contribution is -2.48. The van der Waals surface area contributed by atoms with E-state index in [1.165, 1.54) is 0 Å². The van der Waals surface area contributed by atoms with Gasteiger partial charge in [-0.05, 0) is 24.8 Å². The molecule has 1 fully saturated rings. The fraction of sp³-hybridized carbons (Fsp3) is 0.727. The first-order valence-electron chi connectivity index (χ1n) is 10.6. The number of rotatable bonds is 6. The van der Waals surface area contributed by atoms with E-state index in [9.17, 15) is 9.59 Å². The highest BCUT2D eigenvalue weighted by atomic mass is 16.4. The fourth-order valence-electron chi connectivity index (χ4n) is 4.44. The lowest BCUT2D eigenvalue weighted by Gasteiger charge is -2.35. The van der Waals surface area contributed by atoms with Gasteiger partial charge in [0, 0.05) is 57.7 Å². The van der Waals surface area contributed by atoms with Crippen molar-refractivity contribution in [3.05, 3.63) is 22.6 Å². The lowest BCUT2D eigenvalue weighted by molar-refractivity contribution is 0.0882. The van der Waals surface area contributed by atoms with Gasteiger partial charge in [0.05, 0.1) is 5.56 Å². The highest BCUT2D eigenvalue weighted by Crippen LogP contribution is 2.38. The molecule has 1 aliphatic heterocycles. The highest BCUT2D eigenvalue weighted by Gasteiger charge is 2.37. The first-order valence-corrected chi connectivity index (χ1v) is 10.6. The van der Waals surface area contributed by atoms with Crippen LogP contribution in [-0.4, -0.2) is 67.3 Å². The van der Waals surface area contributed by atoms with Crippen LogP contribution >= 0.6 is 0 Å². The van der Waals surface area contributed by atoms with E-state index < -0.39 is 0 Å². The van der Waals surface area contributed by atoms with Crippen molar-refractivity contribution >= 4 is 11.7 Å². The number of carbonyl (C=O) groups is 2. The highest BCUT2D eigenvalue weighted by molar-refractivity contribution is 6.03. The molecule has 3 rings (SSSR count). The summed E-state index contributed by atoms with van der Waals surface area (Å²) in [5, 5.41) is 3.01. The monoisotopic (exact) mass is 389 g/mol. The first-order chi connectivity index (χ1) is 13.2. The zero-order valence-corrected chi connectivity index (χ0v) is 18.1. The SMILES string of the molecule is CCN1CCN(CC(C)CNC(=O)c2oc3c(c2C)C(=O)CC(C)(C)C3)CC1. The minimum absolute atomic E-state index is 0.0890. The average Bonchev–Trinajstić information content (AvgIpc) is 2.95. The van der Waals surface area contributed by atoms with Crippen LogP contribution in [0.2, 0.25) is 0 Å². The van der Waals surface area contributed by atoms with Crippen LogP contribution in [0, 0.1) is 18.3 Å². The number of ketones is 1. The minimum Gasteiger partial charge on any atom is -0.455 e. The Morgan fingerprint density at radius 1 is 1.18 bits per heavy atom. The molecule has 0 aromatic carbocycles. The summed E-state index contributed by atoms with van der Waals surface area (Å²) in [6.45, 7) is 17.5. The summed E-state index contributed by atoms with van der Waals surface area (Å²) < 4.78 is 5.86. The molecule has 1 amide bonds. The van der Waals surface area contributed by atoms with Crippen LogP contribution in [0.3, 0.4) is 0 Å². The van der Waals surface area contributed by atoms with Gasteiger partial charge in [0.1, 0.15) is 5.76 Å². The molecule has 1 aromatic heterocycles. The molecule has 0 bridgehead atoms. The van der Waals surface area contributed by atoms with Crippen molar-refractivity contribution in [3.63, 3.8) is 0 Å². The summed E-state index contributed by atoms with van der Waals surface area (Å²) >= 11 is 0. The van der Waals surface area contributed by atoms with E-state index in [0.29, 0.717) is 48.0 Å². The molecule has 6 heteroatoms. The van der Waals surface area contributed by atoms with Crippen molar-refractivity contribution in [2.24, 2.45) is 11.3 Å². The molecule has 1 unspecified atom stereocenters. The van der Waals surface area contributed by atoms with E-state index in [2.05, 4.69) is 42.8 Å². The number of fused-ring (bicyclic) bond motifs is 1. The third-order valence-electron chi connectivity index (χ3n) is 6.08. The van der Waals surface area contributed by atoms with Crippen molar-refractivity contribution in [2.45, 2.75) is 47.5 Å². The van der Waals surface area contributed by atoms with E-state index in [1.807, 2.05) is 6.92 Å². The number of hydrogen-bond donors (Lipinski definition) is 1. The van der Waals surface area contributed by atoms with Crippen LogP contribution < -0.4 is 5.32 Å². The zero-order valence-electron chi connectivity index (χ0n) is 18.1. The minimum atomic E-state index is -0.208. The summed E-state index contributed by atoms with van der Waals surface area (Å²) in [4.78, 5) is 30.1. The predicted molar refractivity (Wildman–Crippen MR) is 110 cm³/mol. The molecule has 1 atom stereocenters. The largest absolute Gasteiger partial charge is 0.455 e. The van der Waals surface area contributed by atoms with Gasteiger partial charge in [0.2, 0.25) is 0 Å². The number of nitrogens with one attached hydrogen (secondary N) is 1. The second kappa shape index (κ2) is 8.37. The Kier molecular flexibility index (Phi) is 6.30. The third-order valence-corrected chi connectivity index (χ3v) is 6.08. The lowest BCUT2D eigenvalue weighted by atomic mass is 9.76. The first kappa shape index (κ1) is 21.1. The van der Waals surface area contributed by atoms with E-state index in [1.54, 1.807) is 0 Å². The van der Waals surface area contributed by atoms with Gasteiger partial charge in [-0.15, -0.1) is 0 Å². The topological polar surface area (TPSA) is 65.8 Å². The molecule has 2 heterocycles. The van der Waals surface area contributed by atoms with Crippen LogP contribution in [-0.2, 0) is 6.42 Å². The van der Waals surface area contributed by atoms with E-state index in [-0.39, 0.29) is 17.1 Å². The van der Waals surface area contributed by atoms with Gasteiger partial charge in [0.15, 0.2) is 11.5 Å². The van der Waals surface area contributed by atoms with Gasteiger partial charge in [-0.3, -0.25) is 9.59 Å². The van der Waals surface area contributed by atoms with E-state index in [0.717, 1.165) is 39.3 Å². The number of piperazine rings is 1. The number of carbonyl (C=O) groups excluding carboxylic acids is 2. The summed E-state index contributed by atoms with van der Waals surface area (Å²) in [7, 11) is 0. The average molecular weight is 390 g/mol. The standard InChI is InChI=1S/C22H35N3O3/c1-6-24-7-9-25(10-8-24)14-15(2)13-23-21(27)20-16(3)19-17(26)11-22(4,5)12-18(19)28-20/h15H,6-14H2,1-5H3,(H,23,27). The van der Waals surface area contributed by atoms with Crippen LogP contribution in [0.5, 0.6) is 0 Å². The Balaban J connectivity index is 1.55. The Morgan fingerprint density at radius 2 is 1.82 bits per heavy atom. The number of hydrogen-bond acceptors (Lipinski definition) is 5. The summed E-state index contributed by atoms with van der Waals surface area (Å²) in [6.07, 6.45) is 1.20. The zero-order chi connectivity index (χ0) is 20.5. The molecule has 0 radical (unpaired) electrons. The maximum Gasteiger partial charge on any atom is 0.287 e. The Hall–Kier alpha value is -1.66. The summed E-state index contributed by atoms with van der Waals surface area (Å²) in [5.41, 5.74) is 1.21. The maximum atomic E-state index is 12.7. The van der Waals surface area contributed by atoms with Crippen molar-refractivity contribution in [3.8, 4) is 0 Å². The summed E-state index contributed by atoms with van der Waals surface area (Å²) in [6, 6.07) is 0. The molecular weight excluding hydrogens is 354 g/mol. The normalized spacial score (nSPS) is 21.4. The van der Waals surface area contributed by atoms with Crippen molar-refractivity contribution < 1.29 is 14.0 Å². The number of likely N-dealkylation sites (N-methyl/N-ethyl adjacent to an activating group) is 1. The molecule has 156 valence electrons. The Morgan fingerprint density at radius 3 is 2.46 bits per heavy atom. The second-order valence-corrected chi connectivity index (χ2v) is 9.35. The number of Topliss-reactive ketones (excluding diaryl/α,β-unsaturated/α-hetero) is 1. The van der Waals surface area contributed by atoms with Crippen LogP contribution in [0.4, 0.5) is 0 Å². The van der Waals surface area contributed by atoms with Crippen LogP contribution in [0.1, 0.15) is 66.4 Å². The molecule has 0 spiro atoms. The molecule has 1 aliphatic carbocycles. The van der Waals surface area contributed by atoms with Gasteiger partial charge in [-0.1, -0.05) is 27.7 Å². The number of furan rings is 1. The molecule has 1 aromatic rings. The number of amides is 1. The Labute approximate surface area is 168 Å². The van der Waals surface area contributed by atoms with E-state index in [4.69, 9.17) is 4.42 Å². The molecule has 2 aliphatic rings. The number of nitrogens with zero attached hydrogens (tertiary/aromatic N) is 2. The van der Waals surface area contributed by atoms with Gasteiger partial charge in [-0.2, -0.15) is 0 Å². The summed E-state index contributed by atoms with van der Waals surface area (Å²) in [5.74, 6) is 1.22. The van der Waals surface area contributed by atoms with Crippen LogP contribution in [0.25, 0.3) is 0 Å². The smallest absolute Gasteiger partial charge is 0.287 e. The Bertz CT molecular complexity index is 730. The van der Waals surface area contributed by atoms with Gasteiger partial charge in [-0.25, -0.2) is 0 Å². The van der Waals surface area contributed by atoms with Crippen LogP contribution in [0.15, 0.2) is 4.42 Å². The van der Waals surface area contributed by atoms with Gasteiger partial charge < -0.3 is 19.5 Å². The predicted octanol–water partition coefficient (Wildman–Crippen LogP) is 2.75.